The van der Waals surface area contributed by atoms with E-state index in [2.05, 4.69) is 38.0 Å². The molecule has 0 radical (unpaired) electrons. The summed E-state index contributed by atoms with van der Waals surface area (Å²) in [5, 5.41) is 15.5. The molecule has 0 spiro atoms. The summed E-state index contributed by atoms with van der Waals surface area (Å²) in [5.41, 5.74) is 1.76. The molecule has 2 N–H and O–H groups in total. The molecule has 0 amide bonds. The first-order chi connectivity index (χ1) is 12.1. The topological polar surface area (TPSA) is 47.8 Å². The summed E-state index contributed by atoms with van der Waals surface area (Å²) in [5.74, 6) is 2.24. The van der Waals surface area contributed by atoms with Gasteiger partial charge in [0, 0.05) is 17.8 Å². The molecule has 2 aliphatic carbocycles. The monoisotopic (exact) mass is 363 g/mol. The number of thioether (sulfide) groups is 1. The Kier molecular flexibility index (Phi) is 8.16. The maximum Gasteiger partial charge on any atom is 0.176 e. The van der Waals surface area contributed by atoms with Crippen molar-refractivity contribution in [3.8, 4) is 6.19 Å². The van der Waals surface area contributed by atoms with Crippen LogP contribution in [0.5, 0.6) is 0 Å². The number of nitrogens with zero attached hydrogens (tertiary/aromatic N) is 1. The Morgan fingerprint density at radius 3 is 2.56 bits per heavy atom. The van der Waals surface area contributed by atoms with Gasteiger partial charge in [0.25, 0.3) is 0 Å². The standard InChI is InChI=1S/C12H21NS.C9H16N2/c1-9(2)12-13-11(8-14-12)10-6-4-3-5-7-10;1-3-5-9(4-2)6-8(9)11-7-10/h10-13H,1,3-8H2,2H3;8,11H,3-6H2,1-2H3/t;8?,9-/m.1/s1. The van der Waals surface area contributed by atoms with Crippen LogP contribution in [0.3, 0.4) is 0 Å². The lowest BCUT2D eigenvalue weighted by atomic mass is 9.84. The van der Waals surface area contributed by atoms with Gasteiger partial charge in [-0.15, -0.1) is 11.8 Å². The van der Waals surface area contributed by atoms with Crippen molar-refractivity contribution < 1.29 is 0 Å². The molecule has 3 unspecified atom stereocenters. The Bertz CT molecular complexity index is 466. The van der Waals surface area contributed by atoms with Gasteiger partial charge in [-0.2, -0.15) is 5.26 Å². The van der Waals surface area contributed by atoms with Crippen LogP contribution in [0.1, 0.15) is 78.6 Å². The smallest absolute Gasteiger partial charge is 0.176 e. The van der Waals surface area contributed by atoms with Crippen molar-refractivity contribution in [1.82, 2.24) is 10.6 Å². The van der Waals surface area contributed by atoms with Crippen molar-refractivity contribution in [2.75, 3.05) is 5.75 Å². The molecule has 142 valence electrons. The summed E-state index contributed by atoms with van der Waals surface area (Å²) in [4.78, 5) is 0. The second-order valence-corrected chi connectivity index (χ2v) is 9.35. The van der Waals surface area contributed by atoms with E-state index in [1.54, 1.807) is 0 Å². The molecule has 3 nitrogen and oxygen atoms in total. The van der Waals surface area contributed by atoms with E-state index in [1.807, 2.05) is 18.0 Å². The van der Waals surface area contributed by atoms with Crippen LogP contribution in [0.4, 0.5) is 0 Å². The zero-order chi connectivity index (χ0) is 18.3. The summed E-state index contributed by atoms with van der Waals surface area (Å²) < 4.78 is 0. The van der Waals surface area contributed by atoms with E-state index in [0.717, 1.165) is 12.0 Å². The van der Waals surface area contributed by atoms with E-state index < -0.39 is 0 Å². The Morgan fingerprint density at radius 2 is 2.04 bits per heavy atom. The summed E-state index contributed by atoms with van der Waals surface area (Å²) in [6.45, 7) is 10.6. The van der Waals surface area contributed by atoms with Crippen molar-refractivity contribution in [2.45, 2.75) is 96.0 Å². The van der Waals surface area contributed by atoms with E-state index >= 15 is 0 Å². The number of hydrogen-bond donors (Lipinski definition) is 2. The molecule has 0 aromatic rings. The minimum atomic E-state index is 0.477. The number of nitriles is 1. The quantitative estimate of drug-likeness (QED) is 0.387. The summed E-state index contributed by atoms with van der Waals surface area (Å²) >= 11 is 2.04. The van der Waals surface area contributed by atoms with Gasteiger partial charge in [-0.05, 0) is 50.4 Å². The fraction of sp³-hybridized carbons (Fsp3) is 0.857. The fourth-order valence-corrected chi connectivity index (χ4v) is 5.88. The molecule has 0 aromatic heterocycles. The molecular weight excluding hydrogens is 326 g/mol. The van der Waals surface area contributed by atoms with E-state index in [4.69, 9.17) is 5.26 Å². The largest absolute Gasteiger partial charge is 0.320 e. The Morgan fingerprint density at radius 1 is 1.32 bits per heavy atom. The molecule has 4 atom stereocenters. The third-order valence-corrected chi connectivity index (χ3v) is 7.78. The summed E-state index contributed by atoms with van der Waals surface area (Å²) in [7, 11) is 0. The molecule has 3 rings (SSSR count). The van der Waals surface area contributed by atoms with Gasteiger partial charge in [0.15, 0.2) is 6.19 Å². The van der Waals surface area contributed by atoms with Crippen LogP contribution in [-0.4, -0.2) is 23.2 Å². The maximum absolute atomic E-state index is 8.41. The third kappa shape index (κ3) is 5.66. The molecule has 0 bridgehead atoms. The van der Waals surface area contributed by atoms with E-state index in [-0.39, 0.29) is 0 Å². The molecule has 1 saturated heterocycles. The number of nitrogens with one attached hydrogen (secondary N) is 2. The van der Waals surface area contributed by atoms with Gasteiger partial charge in [0.05, 0.1) is 5.37 Å². The lowest BCUT2D eigenvalue weighted by Crippen LogP contribution is -2.37. The molecule has 25 heavy (non-hydrogen) atoms. The maximum atomic E-state index is 8.41. The van der Waals surface area contributed by atoms with Crippen LogP contribution in [-0.2, 0) is 0 Å². The Hall–Kier alpha value is -0.660. The van der Waals surface area contributed by atoms with Crippen molar-refractivity contribution in [3.05, 3.63) is 12.2 Å². The van der Waals surface area contributed by atoms with Gasteiger partial charge in [-0.1, -0.05) is 51.7 Å². The second-order valence-electron chi connectivity index (χ2n) is 8.21. The summed E-state index contributed by atoms with van der Waals surface area (Å²) in [6, 6.07) is 1.25. The predicted octanol–water partition coefficient (Wildman–Crippen LogP) is 5.20. The second kappa shape index (κ2) is 9.88. The van der Waals surface area contributed by atoms with Gasteiger partial charge in [0.2, 0.25) is 0 Å². The van der Waals surface area contributed by atoms with Crippen molar-refractivity contribution in [3.63, 3.8) is 0 Å². The highest BCUT2D eigenvalue weighted by Crippen LogP contribution is 2.52. The lowest BCUT2D eigenvalue weighted by molar-refractivity contribution is 0.292. The van der Waals surface area contributed by atoms with Crippen molar-refractivity contribution >= 4 is 11.8 Å². The SMILES string of the molecule is C=C(C)C1NC(C2CCCCC2)CS1.CCC[C@]1(CC)CC1NC#N. The Balaban J connectivity index is 0.000000186. The first kappa shape index (κ1) is 20.6. The van der Waals surface area contributed by atoms with E-state index in [9.17, 15) is 0 Å². The average Bonchev–Trinajstić information content (AvgIpc) is 3.08. The van der Waals surface area contributed by atoms with E-state index in [1.165, 1.54) is 69.1 Å². The highest BCUT2D eigenvalue weighted by Gasteiger charge is 2.51. The number of rotatable bonds is 6. The molecule has 1 heterocycles. The zero-order valence-electron chi connectivity index (χ0n) is 16.4. The van der Waals surface area contributed by atoms with Gasteiger partial charge in [-0.25, -0.2) is 0 Å². The first-order valence-corrected chi connectivity index (χ1v) is 11.3. The van der Waals surface area contributed by atoms with Crippen LogP contribution in [0, 0.1) is 22.8 Å². The summed E-state index contributed by atoms with van der Waals surface area (Å²) in [6.07, 6.45) is 14.2. The van der Waals surface area contributed by atoms with Gasteiger partial charge in [-0.3, -0.25) is 5.32 Å². The third-order valence-electron chi connectivity index (χ3n) is 6.35. The fourth-order valence-electron chi connectivity index (χ4n) is 4.56. The minimum Gasteiger partial charge on any atom is -0.320 e. The molecule has 3 aliphatic rings. The minimum absolute atomic E-state index is 0.477. The molecule has 0 aromatic carbocycles. The van der Waals surface area contributed by atoms with Crippen molar-refractivity contribution in [2.24, 2.45) is 11.3 Å². The number of hydrogen-bond acceptors (Lipinski definition) is 4. The van der Waals surface area contributed by atoms with Gasteiger partial charge < -0.3 is 5.32 Å². The highest BCUT2D eigenvalue weighted by molar-refractivity contribution is 8.00. The molecule has 4 heteroatoms. The van der Waals surface area contributed by atoms with E-state index in [0.29, 0.717) is 16.8 Å². The van der Waals surface area contributed by atoms with Crippen LogP contribution in [0.25, 0.3) is 0 Å². The lowest BCUT2D eigenvalue weighted by Gasteiger charge is -2.27. The normalized spacial score (nSPS) is 34.6. The molecule has 1 aliphatic heterocycles. The van der Waals surface area contributed by atoms with Gasteiger partial charge >= 0.3 is 0 Å². The van der Waals surface area contributed by atoms with Crippen LogP contribution < -0.4 is 10.6 Å². The van der Waals surface area contributed by atoms with Gasteiger partial charge in [0.1, 0.15) is 0 Å². The van der Waals surface area contributed by atoms with Crippen LogP contribution >= 0.6 is 11.8 Å². The molecular formula is C21H37N3S. The van der Waals surface area contributed by atoms with Crippen molar-refractivity contribution in [1.29, 1.82) is 5.26 Å². The zero-order valence-corrected chi connectivity index (χ0v) is 17.3. The average molecular weight is 364 g/mol. The highest BCUT2D eigenvalue weighted by atomic mass is 32.2. The first-order valence-electron chi connectivity index (χ1n) is 10.2. The molecule has 2 saturated carbocycles. The van der Waals surface area contributed by atoms with Crippen LogP contribution in [0.15, 0.2) is 12.2 Å². The van der Waals surface area contributed by atoms with Crippen LogP contribution in [0.2, 0.25) is 0 Å². The Labute approximate surface area is 159 Å². The predicted molar refractivity (Wildman–Crippen MR) is 109 cm³/mol. The molecule has 3 fully saturated rings.